The van der Waals surface area contributed by atoms with E-state index < -0.39 is 0 Å². The van der Waals surface area contributed by atoms with Gasteiger partial charge in [-0.2, -0.15) is 0 Å². The van der Waals surface area contributed by atoms with Gasteiger partial charge in [-0.05, 0) is 61.4 Å². The Bertz CT molecular complexity index is 396. The van der Waals surface area contributed by atoms with Gasteiger partial charge in [0, 0.05) is 37.7 Å². The fourth-order valence-corrected chi connectivity index (χ4v) is 3.39. The van der Waals surface area contributed by atoms with Crippen LogP contribution in [-0.2, 0) is 11.2 Å². The average Bonchev–Trinajstić information content (AvgIpc) is 2.84. The molecule has 4 nitrogen and oxygen atoms in total. The van der Waals surface area contributed by atoms with E-state index in [1.807, 2.05) is 18.3 Å². The Morgan fingerprint density at radius 2 is 2.20 bits per heavy atom. The highest BCUT2D eigenvalue weighted by atomic mass is 127. The van der Waals surface area contributed by atoms with Crippen molar-refractivity contribution in [1.29, 1.82) is 0 Å². The number of hydrogen-bond donors (Lipinski definition) is 2. The number of aliphatic imine (C=N–C) groups is 1. The summed E-state index contributed by atoms with van der Waals surface area (Å²) >= 11 is 4.21. The second kappa shape index (κ2) is 11.3. The molecule has 1 heterocycles. The van der Waals surface area contributed by atoms with Crippen LogP contribution in [0.1, 0.15) is 25.1 Å². The minimum Gasteiger partial charge on any atom is -0.382 e. The number of rotatable bonds is 9. The number of thiophene rings is 1. The molecule has 1 aromatic heterocycles. The van der Waals surface area contributed by atoms with E-state index in [2.05, 4.69) is 57.3 Å². The molecule has 0 saturated heterocycles. The summed E-state index contributed by atoms with van der Waals surface area (Å²) in [6.07, 6.45) is 2.00. The standard InChI is InChI=1S/C14H24IN3OS/c1-3-16-14(17-9-5-11-19-4-2)18-10-8-12-6-7-13(15)20-12/h6-7H,3-5,8-11H2,1-2H3,(H2,16,17,18). The molecule has 20 heavy (non-hydrogen) atoms. The van der Waals surface area contributed by atoms with Crippen molar-refractivity contribution in [2.45, 2.75) is 26.7 Å². The normalized spacial score (nSPS) is 11.7. The number of halogens is 1. The molecule has 0 aliphatic rings. The highest BCUT2D eigenvalue weighted by molar-refractivity contribution is 14.1. The number of guanidine groups is 1. The smallest absolute Gasteiger partial charge is 0.191 e. The predicted octanol–water partition coefficient (Wildman–Crippen LogP) is 2.88. The van der Waals surface area contributed by atoms with Crippen LogP contribution < -0.4 is 10.6 Å². The lowest BCUT2D eigenvalue weighted by Gasteiger charge is -2.10. The summed E-state index contributed by atoms with van der Waals surface area (Å²) in [4.78, 5) is 5.95. The predicted molar refractivity (Wildman–Crippen MR) is 95.8 cm³/mol. The Balaban J connectivity index is 2.25. The molecular weight excluding hydrogens is 385 g/mol. The summed E-state index contributed by atoms with van der Waals surface area (Å²) in [6.45, 7) is 8.25. The number of nitrogens with one attached hydrogen (secondary N) is 2. The van der Waals surface area contributed by atoms with Crippen molar-refractivity contribution in [2.24, 2.45) is 4.99 Å². The zero-order valence-corrected chi connectivity index (χ0v) is 15.2. The zero-order valence-electron chi connectivity index (χ0n) is 12.2. The van der Waals surface area contributed by atoms with Crippen LogP contribution >= 0.6 is 33.9 Å². The van der Waals surface area contributed by atoms with Gasteiger partial charge >= 0.3 is 0 Å². The lowest BCUT2D eigenvalue weighted by molar-refractivity contribution is 0.146. The first-order valence-electron chi connectivity index (χ1n) is 7.10. The molecule has 0 atom stereocenters. The van der Waals surface area contributed by atoms with E-state index in [1.165, 1.54) is 7.76 Å². The van der Waals surface area contributed by atoms with E-state index in [1.54, 1.807) is 0 Å². The van der Waals surface area contributed by atoms with Gasteiger partial charge in [-0.15, -0.1) is 11.3 Å². The molecule has 0 aliphatic heterocycles. The van der Waals surface area contributed by atoms with Crippen LogP contribution in [0.15, 0.2) is 17.1 Å². The Morgan fingerprint density at radius 1 is 1.35 bits per heavy atom. The van der Waals surface area contributed by atoms with Crippen LogP contribution in [0.2, 0.25) is 0 Å². The highest BCUT2D eigenvalue weighted by Gasteiger charge is 2.00. The van der Waals surface area contributed by atoms with Crippen molar-refractivity contribution in [2.75, 3.05) is 32.8 Å². The van der Waals surface area contributed by atoms with Gasteiger partial charge in [0.15, 0.2) is 5.96 Å². The summed E-state index contributed by atoms with van der Waals surface area (Å²) in [7, 11) is 0. The molecule has 0 aromatic carbocycles. The fourth-order valence-electron chi connectivity index (χ4n) is 1.63. The van der Waals surface area contributed by atoms with E-state index in [4.69, 9.17) is 4.74 Å². The summed E-state index contributed by atoms with van der Waals surface area (Å²) in [5.41, 5.74) is 0. The molecule has 0 fully saturated rings. The molecule has 0 spiro atoms. The molecule has 1 rings (SSSR count). The number of ether oxygens (including phenoxy) is 1. The second-order valence-corrected chi connectivity index (χ2v) is 7.26. The van der Waals surface area contributed by atoms with Gasteiger partial charge in [-0.1, -0.05) is 0 Å². The number of nitrogens with zero attached hydrogens (tertiary/aromatic N) is 1. The second-order valence-electron chi connectivity index (χ2n) is 4.19. The Labute approximate surface area is 139 Å². The molecule has 0 saturated carbocycles. The minimum atomic E-state index is 0.779. The molecule has 2 N–H and O–H groups in total. The molecule has 114 valence electrons. The maximum atomic E-state index is 5.31. The molecule has 0 amide bonds. The molecular formula is C14H24IN3OS. The van der Waals surface area contributed by atoms with E-state index in [0.717, 1.165) is 51.6 Å². The van der Waals surface area contributed by atoms with Crippen LogP contribution in [-0.4, -0.2) is 38.8 Å². The summed E-state index contributed by atoms with van der Waals surface area (Å²) < 4.78 is 6.65. The van der Waals surface area contributed by atoms with Crippen LogP contribution in [0, 0.1) is 2.88 Å². The van der Waals surface area contributed by atoms with Crippen LogP contribution in [0.5, 0.6) is 0 Å². The maximum absolute atomic E-state index is 5.31. The quantitative estimate of drug-likeness (QED) is 0.285. The average molecular weight is 409 g/mol. The van der Waals surface area contributed by atoms with Crippen molar-refractivity contribution < 1.29 is 4.74 Å². The topological polar surface area (TPSA) is 45.7 Å². The van der Waals surface area contributed by atoms with Crippen molar-refractivity contribution in [3.63, 3.8) is 0 Å². The zero-order chi connectivity index (χ0) is 14.6. The van der Waals surface area contributed by atoms with Gasteiger partial charge in [-0.3, -0.25) is 4.99 Å². The van der Waals surface area contributed by atoms with Gasteiger partial charge in [0.25, 0.3) is 0 Å². The first kappa shape index (κ1) is 17.7. The maximum Gasteiger partial charge on any atom is 0.191 e. The summed E-state index contributed by atoms with van der Waals surface area (Å²) in [6, 6.07) is 4.36. The SMILES string of the molecule is CCNC(=NCCCOCC)NCCc1ccc(I)s1. The van der Waals surface area contributed by atoms with Gasteiger partial charge in [0.05, 0.1) is 2.88 Å². The van der Waals surface area contributed by atoms with E-state index in [9.17, 15) is 0 Å². The third-order valence-electron chi connectivity index (χ3n) is 2.56. The van der Waals surface area contributed by atoms with Crippen LogP contribution in [0.3, 0.4) is 0 Å². The highest BCUT2D eigenvalue weighted by Crippen LogP contribution is 2.18. The van der Waals surface area contributed by atoms with E-state index in [-0.39, 0.29) is 0 Å². The summed E-state index contributed by atoms with van der Waals surface area (Å²) in [5, 5.41) is 6.64. The van der Waals surface area contributed by atoms with Crippen molar-refractivity contribution in [1.82, 2.24) is 10.6 Å². The van der Waals surface area contributed by atoms with Gasteiger partial charge < -0.3 is 15.4 Å². The Kier molecular flexibility index (Phi) is 10.0. The first-order valence-corrected chi connectivity index (χ1v) is 9.00. The Morgan fingerprint density at radius 3 is 2.85 bits per heavy atom. The lowest BCUT2D eigenvalue weighted by atomic mass is 10.3. The monoisotopic (exact) mass is 409 g/mol. The fraction of sp³-hybridized carbons (Fsp3) is 0.643. The third kappa shape index (κ3) is 8.06. The van der Waals surface area contributed by atoms with Crippen LogP contribution in [0.25, 0.3) is 0 Å². The minimum absolute atomic E-state index is 0.779. The van der Waals surface area contributed by atoms with E-state index in [0.29, 0.717) is 0 Å². The molecule has 0 bridgehead atoms. The van der Waals surface area contributed by atoms with Crippen LogP contribution in [0.4, 0.5) is 0 Å². The molecule has 0 radical (unpaired) electrons. The van der Waals surface area contributed by atoms with Gasteiger partial charge in [-0.25, -0.2) is 0 Å². The molecule has 1 aromatic rings. The molecule has 6 heteroatoms. The number of hydrogen-bond acceptors (Lipinski definition) is 3. The molecule has 0 unspecified atom stereocenters. The summed E-state index contributed by atoms with van der Waals surface area (Å²) in [5.74, 6) is 0.898. The van der Waals surface area contributed by atoms with Crippen molar-refractivity contribution >= 4 is 39.9 Å². The van der Waals surface area contributed by atoms with Crippen molar-refractivity contribution in [3.05, 3.63) is 19.9 Å². The van der Waals surface area contributed by atoms with Crippen molar-refractivity contribution in [3.8, 4) is 0 Å². The van der Waals surface area contributed by atoms with Gasteiger partial charge in [0.2, 0.25) is 0 Å². The largest absolute Gasteiger partial charge is 0.382 e. The lowest BCUT2D eigenvalue weighted by Crippen LogP contribution is -2.38. The third-order valence-corrected chi connectivity index (χ3v) is 4.51. The van der Waals surface area contributed by atoms with E-state index >= 15 is 0 Å². The Hall–Kier alpha value is -0.340. The molecule has 0 aliphatic carbocycles. The van der Waals surface area contributed by atoms with Gasteiger partial charge in [0.1, 0.15) is 0 Å². The first-order chi connectivity index (χ1) is 9.76.